The lowest BCUT2D eigenvalue weighted by molar-refractivity contribution is -0.125. The van der Waals surface area contributed by atoms with Crippen LogP contribution in [-0.2, 0) is 9.63 Å². The maximum atomic E-state index is 12.4. The molecule has 6 nitrogen and oxygen atoms in total. The minimum absolute atomic E-state index is 0.232. The van der Waals surface area contributed by atoms with Crippen molar-refractivity contribution < 1.29 is 19.1 Å². The first-order valence-electron chi connectivity index (χ1n) is 7.93. The monoisotopic (exact) mass is 340 g/mol. The van der Waals surface area contributed by atoms with E-state index in [4.69, 9.17) is 14.3 Å². The number of methoxy groups -OCH3 is 2. The molecule has 0 radical (unpaired) electrons. The summed E-state index contributed by atoms with van der Waals surface area (Å²) in [6.07, 6.45) is -0.312. The van der Waals surface area contributed by atoms with Gasteiger partial charge in [0.25, 0.3) is 5.91 Å². The fraction of sp³-hybridized carbons (Fsp3) is 0.263. The second-order valence-corrected chi connectivity index (χ2v) is 5.76. The van der Waals surface area contributed by atoms with Gasteiger partial charge in [-0.1, -0.05) is 22.9 Å². The molecule has 0 aromatic heterocycles. The molecule has 1 amide bonds. The maximum Gasteiger partial charge on any atom is 0.268 e. The lowest BCUT2D eigenvalue weighted by atomic mass is 10.0. The quantitative estimate of drug-likeness (QED) is 0.908. The SMILES string of the molecule is COc1ccc(OC)c(C2=NO[C@H](C(=O)Nc3ccc(C)cc3)C2)c1. The fourth-order valence-corrected chi connectivity index (χ4v) is 2.58. The number of anilines is 1. The van der Waals surface area contributed by atoms with Gasteiger partial charge in [-0.25, -0.2) is 0 Å². The summed E-state index contributed by atoms with van der Waals surface area (Å²) in [4.78, 5) is 17.7. The number of rotatable bonds is 5. The largest absolute Gasteiger partial charge is 0.497 e. The summed E-state index contributed by atoms with van der Waals surface area (Å²) < 4.78 is 10.6. The van der Waals surface area contributed by atoms with Gasteiger partial charge in [0.2, 0.25) is 6.10 Å². The first-order chi connectivity index (χ1) is 12.1. The van der Waals surface area contributed by atoms with Crippen LogP contribution >= 0.6 is 0 Å². The number of amides is 1. The van der Waals surface area contributed by atoms with Crippen molar-refractivity contribution >= 4 is 17.3 Å². The first-order valence-corrected chi connectivity index (χ1v) is 7.93. The number of benzene rings is 2. The van der Waals surface area contributed by atoms with E-state index in [0.717, 1.165) is 16.8 Å². The van der Waals surface area contributed by atoms with Crippen molar-refractivity contribution in [1.82, 2.24) is 0 Å². The summed E-state index contributed by atoms with van der Waals surface area (Å²) >= 11 is 0. The Bertz CT molecular complexity index is 800. The Hall–Kier alpha value is -3.02. The van der Waals surface area contributed by atoms with Crippen molar-refractivity contribution in [3.05, 3.63) is 53.6 Å². The highest BCUT2D eigenvalue weighted by Crippen LogP contribution is 2.29. The Morgan fingerprint density at radius 3 is 2.60 bits per heavy atom. The molecule has 1 aliphatic heterocycles. The lowest BCUT2D eigenvalue weighted by Gasteiger charge is -2.11. The van der Waals surface area contributed by atoms with Crippen LogP contribution in [0.4, 0.5) is 5.69 Å². The number of nitrogens with one attached hydrogen (secondary N) is 1. The zero-order chi connectivity index (χ0) is 17.8. The molecule has 130 valence electrons. The molecule has 0 aliphatic carbocycles. The number of hydrogen-bond donors (Lipinski definition) is 1. The number of aryl methyl sites for hydroxylation is 1. The molecule has 2 aromatic carbocycles. The average Bonchev–Trinajstić information content (AvgIpc) is 3.13. The van der Waals surface area contributed by atoms with E-state index in [1.165, 1.54) is 0 Å². The summed E-state index contributed by atoms with van der Waals surface area (Å²) in [6, 6.07) is 13.0. The smallest absolute Gasteiger partial charge is 0.268 e. The minimum Gasteiger partial charge on any atom is -0.497 e. The molecular weight excluding hydrogens is 320 g/mol. The van der Waals surface area contributed by atoms with Crippen molar-refractivity contribution in [2.75, 3.05) is 19.5 Å². The topological polar surface area (TPSA) is 69.1 Å². The van der Waals surface area contributed by atoms with Crippen LogP contribution in [0.25, 0.3) is 0 Å². The molecule has 1 aliphatic rings. The molecule has 0 fully saturated rings. The molecule has 2 aromatic rings. The minimum atomic E-state index is -0.674. The van der Waals surface area contributed by atoms with Gasteiger partial charge in [-0.2, -0.15) is 0 Å². The highest BCUT2D eigenvalue weighted by molar-refractivity contribution is 6.07. The summed E-state index contributed by atoms with van der Waals surface area (Å²) in [6.45, 7) is 1.99. The van der Waals surface area contributed by atoms with Gasteiger partial charge in [-0.05, 0) is 37.3 Å². The Kier molecular flexibility index (Phi) is 4.88. The van der Waals surface area contributed by atoms with Crippen LogP contribution in [0.3, 0.4) is 0 Å². The number of ether oxygens (including phenoxy) is 2. The Morgan fingerprint density at radius 1 is 1.16 bits per heavy atom. The standard InChI is InChI=1S/C19H20N2O4/c1-12-4-6-13(7-5-12)20-19(22)18-11-16(21-25-18)15-10-14(23-2)8-9-17(15)24-3/h4-10,18H,11H2,1-3H3,(H,20,22)/t18-/m0/s1. The van der Waals surface area contributed by atoms with Gasteiger partial charge in [-0.15, -0.1) is 0 Å². The van der Waals surface area contributed by atoms with Gasteiger partial charge in [0.05, 0.1) is 19.9 Å². The van der Waals surface area contributed by atoms with Gasteiger partial charge < -0.3 is 19.6 Å². The van der Waals surface area contributed by atoms with Gasteiger partial charge in [0, 0.05) is 17.7 Å². The van der Waals surface area contributed by atoms with Crippen LogP contribution in [0.15, 0.2) is 47.6 Å². The van der Waals surface area contributed by atoms with Crippen LogP contribution < -0.4 is 14.8 Å². The average molecular weight is 340 g/mol. The Morgan fingerprint density at radius 2 is 1.92 bits per heavy atom. The highest BCUT2D eigenvalue weighted by Gasteiger charge is 2.30. The molecule has 0 unspecified atom stereocenters. The summed E-state index contributed by atoms with van der Waals surface area (Å²) in [5.41, 5.74) is 3.27. The normalized spacial score (nSPS) is 16.0. The number of nitrogens with zero attached hydrogens (tertiary/aromatic N) is 1. The predicted molar refractivity (Wildman–Crippen MR) is 95.4 cm³/mol. The van der Waals surface area contributed by atoms with E-state index in [1.807, 2.05) is 37.3 Å². The third-order valence-corrected chi connectivity index (χ3v) is 4.00. The van der Waals surface area contributed by atoms with E-state index in [0.29, 0.717) is 23.6 Å². The van der Waals surface area contributed by atoms with Crippen LogP contribution in [0.2, 0.25) is 0 Å². The number of oxime groups is 1. The summed E-state index contributed by atoms with van der Waals surface area (Å²) in [5, 5.41) is 6.91. The molecule has 0 saturated carbocycles. The molecule has 1 N–H and O–H groups in total. The van der Waals surface area contributed by atoms with Crippen LogP contribution in [0.1, 0.15) is 17.5 Å². The maximum absolute atomic E-state index is 12.4. The van der Waals surface area contributed by atoms with Crippen molar-refractivity contribution in [3.8, 4) is 11.5 Å². The second-order valence-electron chi connectivity index (χ2n) is 5.76. The van der Waals surface area contributed by atoms with Crippen molar-refractivity contribution in [3.63, 3.8) is 0 Å². The van der Waals surface area contributed by atoms with Crippen LogP contribution in [0, 0.1) is 6.92 Å². The van der Waals surface area contributed by atoms with E-state index >= 15 is 0 Å². The molecule has 25 heavy (non-hydrogen) atoms. The van der Waals surface area contributed by atoms with Crippen molar-refractivity contribution in [1.29, 1.82) is 0 Å². The zero-order valence-electron chi connectivity index (χ0n) is 14.4. The molecule has 0 bridgehead atoms. The Labute approximate surface area is 146 Å². The van der Waals surface area contributed by atoms with Crippen LogP contribution in [0.5, 0.6) is 11.5 Å². The van der Waals surface area contributed by atoms with Gasteiger partial charge >= 0.3 is 0 Å². The number of hydrogen-bond acceptors (Lipinski definition) is 5. The fourth-order valence-electron chi connectivity index (χ4n) is 2.58. The molecule has 1 atom stereocenters. The molecule has 3 rings (SSSR count). The van der Waals surface area contributed by atoms with E-state index in [1.54, 1.807) is 26.4 Å². The number of carbonyl (C=O) groups excluding carboxylic acids is 1. The predicted octanol–water partition coefficient (Wildman–Crippen LogP) is 3.14. The van der Waals surface area contributed by atoms with E-state index in [2.05, 4.69) is 10.5 Å². The zero-order valence-corrected chi connectivity index (χ0v) is 14.4. The highest BCUT2D eigenvalue weighted by atomic mass is 16.6. The first kappa shape index (κ1) is 16.8. The third-order valence-electron chi connectivity index (χ3n) is 4.00. The van der Waals surface area contributed by atoms with E-state index < -0.39 is 6.10 Å². The van der Waals surface area contributed by atoms with E-state index in [-0.39, 0.29) is 5.91 Å². The van der Waals surface area contributed by atoms with Crippen molar-refractivity contribution in [2.45, 2.75) is 19.4 Å². The molecule has 0 saturated heterocycles. The van der Waals surface area contributed by atoms with Gasteiger partial charge in [-0.3, -0.25) is 4.79 Å². The molecule has 0 spiro atoms. The van der Waals surface area contributed by atoms with Gasteiger partial charge in [0.15, 0.2) is 0 Å². The second kappa shape index (κ2) is 7.25. The summed E-state index contributed by atoms with van der Waals surface area (Å²) in [5.74, 6) is 1.11. The molecular formula is C19H20N2O4. The third kappa shape index (κ3) is 3.74. The Balaban J connectivity index is 1.70. The van der Waals surface area contributed by atoms with Gasteiger partial charge in [0.1, 0.15) is 11.5 Å². The molecule has 6 heteroatoms. The summed E-state index contributed by atoms with van der Waals surface area (Å²) in [7, 11) is 3.18. The number of carbonyl (C=O) groups is 1. The van der Waals surface area contributed by atoms with E-state index in [9.17, 15) is 4.79 Å². The molecule has 1 heterocycles. The van der Waals surface area contributed by atoms with Crippen LogP contribution in [-0.4, -0.2) is 31.9 Å². The van der Waals surface area contributed by atoms with Crippen molar-refractivity contribution in [2.24, 2.45) is 5.16 Å². The lowest BCUT2D eigenvalue weighted by Crippen LogP contribution is -2.28.